The number of amides is 1. The maximum atomic E-state index is 12.3. The van der Waals surface area contributed by atoms with Crippen LogP contribution in [0.5, 0.6) is 0 Å². The summed E-state index contributed by atoms with van der Waals surface area (Å²) in [7, 11) is 1.67. The van der Waals surface area contributed by atoms with Crippen LogP contribution in [-0.4, -0.2) is 40.8 Å². The van der Waals surface area contributed by atoms with Gasteiger partial charge in [0, 0.05) is 13.0 Å². The van der Waals surface area contributed by atoms with Gasteiger partial charge in [-0.3, -0.25) is 4.79 Å². The number of carbonyl (C=O) groups is 1. The molecule has 5 heteroatoms. The van der Waals surface area contributed by atoms with E-state index in [1.54, 1.807) is 20.9 Å². The van der Waals surface area contributed by atoms with E-state index >= 15 is 0 Å². The Balaban J connectivity index is 3.07. The molecule has 1 unspecified atom stereocenters. The fourth-order valence-electron chi connectivity index (χ4n) is 1.54. The number of rotatable bonds is 4. The van der Waals surface area contributed by atoms with Crippen molar-refractivity contribution in [3.05, 3.63) is 17.0 Å². The number of carbonyl (C=O) groups excluding carboxylic acids is 1. The van der Waals surface area contributed by atoms with Crippen LogP contribution in [0, 0.1) is 6.92 Å². The van der Waals surface area contributed by atoms with Gasteiger partial charge in [0.05, 0.1) is 18.3 Å². The normalized spacial score (nSPS) is 12.9. The first-order valence-electron chi connectivity index (χ1n) is 5.74. The highest BCUT2D eigenvalue weighted by Gasteiger charge is 2.26. The molecule has 5 nitrogen and oxygen atoms in total. The molecular weight excluding hydrogens is 220 g/mol. The highest BCUT2D eigenvalue weighted by atomic mass is 16.5. The van der Waals surface area contributed by atoms with Crippen LogP contribution in [0.2, 0.25) is 0 Å². The minimum atomic E-state index is -0.225. The molecule has 0 aliphatic heterocycles. The van der Waals surface area contributed by atoms with E-state index in [-0.39, 0.29) is 24.5 Å². The van der Waals surface area contributed by atoms with Crippen LogP contribution in [0.4, 0.5) is 0 Å². The highest BCUT2D eigenvalue weighted by Crippen LogP contribution is 2.23. The molecule has 1 heterocycles. The first kappa shape index (κ1) is 13.7. The van der Waals surface area contributed by atoms with Gasteiger partial charge in [-0.2, -0.15) is 0 Å². The van der Waals surface area contributed by atoms with Crippen LogP contribution >= 0.6 is 0 Å². The van der Waals surface area contributed by atoms with Gasteiger partial charge in [-0.15, -0.1) is 0 Å². The Morgan fingerprint density at radius 2 is 2.06 bits per heavy atom. The molecule has 17 heavy (non-hydrogen) atoms. The molecule has 0 spiro atoms. The summed E-state index contributed by atoms with van der Waals surface area (Å²) < 4.78 is 5.18. The van der Waals surface area contributed by atoms with Crippen molar-refractivity contribution < 1.29 is 14.4 Å². The van der Waals surface area contributed by atoms with Crippen LogP contribution in [0.3, 0.4) is 0 Å². The number of hydrogen-bond acceptors (Lipinski definition) is 4. The maximum Gasteiger partial charge on any atom is 0.259 e. The number of aliphatic hydroxyl groups is 1. The monoisotopic (exact) mass is 240 g/mol. The Hall–Kier alpha value is -1.36. The number of aryl methyl sites for hydroxylation is 1. The van der Waals surface area contributed by atoms with Gasteiger partial charge in [-0.1, -0.05) is 19.0 Å². The zero-order chi connectivity index (χ0) is 13.2. The fraction of sp³-hybridized carbons (Fsp3) is 0.667. The van der Waals surface area contributed by atoms with E-state index in [1.807, 2.05) is 13.8 Å². The van der Waals surface area contributed by atoms with E-state index in [1.165, 1.54) is 4.90 Å². The van der Waals surface area contributed by atoms with Crippen molar-refractivity contribution in [1.29, 1.82) is 0 Å². The van der Waals surface area contributed by atoms with Crippen LogP contribution in [0.15, 0.2) is 4.52 Å². The SMILES string of the molecule is Cc1noc(C(C)C)c1C(=O)N(C)C(C)CO. The Morgan fingerprint density at radius 1 is 1.47 bits per heavy atom. The molecule has 1 N–H and O–H groups in total. The first-order chi connectivity index (χ1) is 7.90. The topological polar surface area (TPSA) is 66.6 Å². The maximum absolute atomic E-state index is 12.3. The summed E-state index contributed by atoms with van der Waals surface area (Å²) in [5.74, 6) is 0.548. The molecule has 1 atom stereocenters. The van der Waals surface area contributed by atoms with Gasteiger partial charge in [0.2, 0.25) is 0 Å². The van der Waals surface area contributed by atoms with Crippen molar-refractivity contribution in [2.24, 2.45) is 0 Å². The lowest BCUT2D eigenvalue weighted by Gasteiger charge is -2.23. The minimum Gasteiger partial charge on any atom is -0.394 e. The van der Waals surface area contributed by atoms with Gasteiger partial charge in [0.1, 0.15) is 5.56 Å². The molecule has 0 fully saturated rings. The van der Waals surface area contributed by atoms with E-state index in [0.717, 1.165) is 0 Å². The van der Waals surface area contributed by atoms with Crippen molar-refractivity contribution in [2.75, 3.05) is 13.7 Å². The van der Waals surface area contributed by atoms with Crippen LogP contribution in [0.1, 0.15) is 48.5 Å². The van der Waals surface area contributed by atoms with Gasteiger partial charge >= 0.3 is 0 Å². The van der Waals surface area contributed by atoms with E-state index in [0.29, 0.717) is 17.0 Å². The lowest BCUT2D eigenvalue weighted by atomic mass is 10.0. The molecule has 0 saturated heterocycles. The summed E-state index contributed by atoms with van der Waals surface area (Å²) in [5.41, 5.74) is 1.11. The fourth-order valence-corrected chi connectivity index (χ4v) is 1.54. The van der Waals surface area contributed by atoms with Gasteiger partial charge in [0.15, 0.2) is 5.76 Å². The standard InChI is InChI=1S/C12H20N2O3/c1-7(2)11-10(9(4)13-17-11)12(16)14(5)8(3)6-15/h7-8,15H,6H2,1-5H3. The van der Waals surface area contributed by atoms with E-state index in [2.05, 4.69) is 5.16 Å². The summed E-state index contributed by atoms with van der Waals surface area (Å²) in [6.45, 7) is 7.37. The summed E-state index contributed by atoms with van der Waals surface area (Å²) in [5, 5.41) is 12.9. The van der Waals surface area contributed by atoms with Crippen molar-refractivity contribution in [3.8, 4) is 0 Å². The summed E-state index contributed by atoms with van der Waals surface area (Å²) in [6, 6.07) is -0.225. The second kappa shape index (κ2) is 5.31. The molecule has 96 valence electrons. The first-order valence-corrected chi connectivity index (χ1v) is 5.74. The number of likely N-dealkylation sites (N-methyl/N-ethyl adjacent to an activating group) is 1. The van der Waals surface area contributed by atoms with Crippen molar-refractivity contribution in [2.45, 2.75) is 39.7 Å². The molecule has 1 rings (SSSR count). The van der Waals surface area contributed by atoms with Crippen LogP contribution < -0.4 is 0 Å². The smallest absolute Gasteiger partial charge is 0.259 e. The van der Waals surface area contributed by atoms with Gasteiger partial charge < -0.3 is 14.5 Å². The van der Waals surface area contributed by atoms with Crippen LogP contribution in [0.25, 0.3) is 0 Å². The molecule has 0 saturated carbocycles. The van der Waals surface area contributed by atoms with Crippen molar-refractivity contribution >= 4 is 5.91 Å². The van der Waals surface area contributed by atoms with E-state index in [4.69, 9.17) is 9.63 Å². The molecule has 0 aromatic carbocycles. The Kier molecular flexibility index (Phi) is 4.28. The molecule has 1 amide bonds. The summed E-state index contributed by atoms with van der Waals surface area (Å²) >= 11 is 0. The quantitative estimate of drug-likeness (QED) is 0.867. The number of aromatic nitrogens is 1. The van der Waals surface area contributed by atoms with Crippen molar-refractivity contribution in [3.63, 3.8) is 0 Å². The predicted molar refractivity (Wildman–Crippen MR) is 64.0 cm³/mol. The van der Waals surface area contributed by atoms with Gasteiger partial charge in [-0.25, -0.2) is 0 Å². The molecule has 1 aromatic rings. The van der Waals surface area contributed by atoms with E-state index < -0.39 is 0 Å². The third-order valence-electron chi connectivity index (χ3n) is 2.87. The van der Waals surface area contributed by atoms with Crippen molar-refractivity contribution in [1.82, 2.24) is 10.1 Å². The molecular formula is C12H20N2O3. The second-order valence-electron chi connectivity index (χ2n) is 4.61. The largest absolute Gasteiger partial charge is 0.394 e. The Bertz CT molecular complexity index is 398. The molecule has 1 aromatic heterocycles. The zero-order valence-electron chi connectivity index (χ0n) is 11.0. The lowest BCUT2D eigenvalue weighted by molar-refractivity contribution is 0.0678. The Morgan fingerprint density at radius 3 is 2.53 bits per heavy atom. The predicted octanol–water partition coefficient (Wildman–Crippen LogP) is 1.56. The van der Waals surface area contributed by atoms with Gasteiger partial charge in [-0.05, 0) is 13.8 Å². The number of hydrogen-bond donors (Lipinski definition) is 1. The van der Waals surface area contributed by atoms with E-state index in [9.17, 15) is 4.79 Å². The third kappa shape index (κ3) is 2.66. The average Bonchev–Trinajstić information content (AvgIpc) is 2.68. The third-order valence-corrected chi connectivity index (χ3v) is 2.87. The molecule has 0 aliphatic rings. The molecule has 0 radical (unpaired) electrons. The summed E-state index contributed by atoms with van der Waals surface area (Å²) in [6.07, 6.45) is 0. The summed E-state index contributed by atoms with van der Waals surface area (Å²) in [4.78, 5) is 13.8. The van der Waals surface area contributed by atoms with Gasteiger partial charge in [0.25, 0.3) is 5.91 Å². The minimum absolute atomic E-state index is 0.0659. The number of nitrogens with zero attached hydrogens (tertiary/aromatic N) is 2. The molecule has 0 aliphatic carbocycles. The highest BCUT2D eigenvalue weighted by molar-refractivity contribution is 5.96. The molecule has 0 bridgehead atoms. The van der Waals surface area contributed by atoms with Crippen LogP contribution in [-0.2, 0) is 0 Å². The zero-order valence-corrected chi connectivity index (χ0v) is 11.0. The average molecular weight is 240 g/mol. The lowest BCUT2D eigenvalue weighted by Crippen LogP contribution is -2.37. The Labute approximate surface area is 101 Å². The number of aliphatic hydroxyl groups excluding tert-OH is 1. The second-order valence-corrected chi connectivity index (χ2v) is 4.61.